The molecule has 0 amide bonds. The molecule has 160 valence electrons. The Morgan fingerprint density at radius 3 is 2.62 bits per heavy atom. The molecule has 1 aromatic carbocycles. The number of aliphatic imine (C=N–C) groups is 1. The third-order valence-electron chi connectivity index (χ3n) is 5.13. The third-order valence-corrected chi connectivity index (χ3v) is 5.38. The molecule has 0 bridgehead atoms. The average Bonchev–Trinajstić information content (AvgIpc) is 3.18. The van der Waals surface area contributed by atoms with E-state index in [1.807, 2.05) is 19.2 Å². The van der Waals surface area contributed by atoms with Crippen LogP contribution in [0.3, 0.4) is 0 Å². The number of hydrogen-bond donors (Lipinski definition) is 2. The fourth-order valence-corrected chi connectivity index (χ4v) is 3.63. The molecule has 1 fully saturated rings. The molecule has 1 saturated heterocycles. The number of rotatable bonds is 7. The van der Waals surface area contributed by atoms with E-state index in [0.29, 0.717) is 6.04 Å². The highest BCUT2D eigenvalue weighted by Crippen LogP contribution is 2.15. The Kier molecular flexibility index (Phi) is 10.2. The Labute approximate surface area is 195 Å². The smallest absolute Gasteiger partial charge is 0.191 e. The van der Waals surface area contributed by atoms with Crippen molar-refractivity contribution in [1.29, 1.82) is 0 Å². The van der Waals surface area contributed by atoms with E-state index in [9.17, 15) is 0 Å². The fraction of sp³-hybridized carbons (Fsp3) is 0.550. The second kappa shape index (κ2) is 12.3. The monoisotopic (exact) mass is 531 g/mol. The van der Waals surface area contributed by atoms with Crippen molar-refractivity contribution in [3.05, 3.63) is 47.0 Å². The Balaban J connectivity index is 0.00000300. The van der Waals surface area contributed by atoms with Gasteiger partial charge in [0.2, 0.25) is 0 Å². The molecule has 3 rings (SSSR count). The first-order valence-corrected chi connectivity index (χ1v) is 10.4. The van der Waals surface area contributed by atoms with Crippen LogP contribution in [0.15, 0.2) is 35.6 Å². The number of likely N-dealkylation sites (tertiary alicyclic amines) is 1. The number of aryl methyl sites for hydroxylation is 1. The minimum Gasteiger partial charge on any atom is -0.355 e. The molecule has 0 saturated carbocycles. The van der Waals surface area contributed by atoms with Crippen molar-refractivity contribution < 1.29 is 0 Å². The molecule has 0 atom stereocenters. The van der Waals surface area contributed by atoms with Gasteiger partial charge in [-0.25, -0.2) is 0 Å². The van der Waals surface area contributed by atoms with Gasteiger partial charge in [-0.2, -0.15) is 0 Å². The van der Waals surface area contributed by atoms with Crippen LogP contribution >= 0.6 is 35.6 Å². The molecule has 1 aliphatic heterocycles. The quantitative estimate of drug-likeness (QED) is 0.327. The van der Waals surface area contributed by atoms with Crippen molar-refractivity contribution in [1.82, 2.24) is 30.3 Å². The van der Waals surface area contributed by atoms with Crippen LogP contribution in [-0.4, -0.2) is 58.3 Å². The summed E-state index contributed by atoms with van der Waals surface area (Å²) in [4.78, 5) is 6.86. The molecule has 2 heterocycles. The lowest BCUT2D eigenvalue weighted by Crippen LogP contribution is -2.49. The number of benzene rings is 1. The minimum absolute atomic E-state index is 0. The van der Waals surface area contributed by atoms with E-state index in [2.05, 4.69) is 54.3 Å². The maximum Gasteiger partial charge on any atom is 0.191 e. The number of piperidine rings is 1. The van der Waals surface area contributed by atoms with Crippen LogP contribution in [0, 0.1) is 0 Å². The highest BCUT2D eigenvalue weighted by Gasteiger charge is 2.20. The molecule has 2 N–H and O–H groups in total. The molecular formula is C20H31ClIN7. The number of nitrogens with one attached hydrogen (secondary N) is 2. The van der Waals surface area contributed by atoms with Gasteiger partial charge in [-0.3, -0.25) is 9.89 Å². The molecule has 0 unspecified atom stereocenters. The molecule has 7 nitrogen and oxygen atoms in total. The fourth-order valence-electron chi connectivity index (χ4n) is 3.51. The second-order valence-electron chi connectivity index (χ2n) is 7.11. The van der Waals surface area contributed by atoms with Crippen LogP contribution in [0.2, 0.25) is 5.02 Å². The topological polar surface area (TPSA) is 70.4 Å². The van der Waals surface area contributed by atoms with Gasteiger partial charge < -0.3 is 15.2 Å². The summed E-state index contributed by atoms with van der Waals surface area (Å²) in [6, 6.07) is 8.60. The molecule has 0 spiro atoms. The third kappa shape index (κ3) is 7.42. The predicted octanol–water partition coefficient (Wildman–Crippen LogP) is 2.94. The van der Waals surface area contributed by atoms with E-state index in [1.54, 1.807) is 6.33 Å². The van der Waals surface area contributed by atoms with Gasteiger partial charge in [0.1, 0.15) is 12.2 Å². The van der Waals surface area contributed by atoms with Crippen molar-refractivity contribution in [3.8, 4) is 0 Å². The van der Waals surface area contributed by atoms with E-state index in [0.717, 1.165) is 68.8 Å². The maximum atomic E-state index is 5.97. The molecule has 0 aliphatic carbocycles. The molecular weight excluding hydrogens is 501 g/mol. The van der Waals surface area contributed by atoms with Gasteiger partial charge in [0.25, 0.3) is 0 Å². The highest BCUT2D eigenvalue weighted by molar-refractivity contribution is 14.0. The first kappa shape index (κ1) is 23.9. The Bertz CT molecular complexity index is 754. The van der Waals surface area contributed by atoms with Crippen molar-refractivity contribution in [2.45, 2.75) is 45.3 Å². The lowest BCUT2D eigenvalue weighted by molar-refractivity contribution is 0.198. The van der Waals surface area contributed by atoms with Gasteiger partial charge in [-0.15, -0.1) is 34.2 Å². The van der Waals surface area contributed by atoms with Crippen LogP contribution in [0.5, 0.6) is 0 Å². The summed E-state index contributed by atoms with van der Waals surface area (Å²) in [7, 11) is 1.82. The van der Waals surface area contributed by atoms with Crippen molar-refractivity contribution in [2.75, 3.05) is 26.7 Å². The number of halogens is 2. The molecule has 1 aromatic heterocycles. The summed E-state index contributed by atoms with van der Waals surface area (Å²) in [5.74, 6) is 1.88. The van der Waals surface area contributed by atoms with E-state index in [4.69, 9.17) is 11.6 Å². The van der Waals surface area contributed by atoms with Crippen LogP contribution < -0.4 is 10.6 Å². The largest absolute Gasteiger partial charge is 0.355 e. The molecule has 29 heavy (non-hydrogen) atoms. The lowest BCUT2D eigenvalue weighted by Gasteiger charge is -2.33. The first-order chi connectivity index (χ1) is 13.7. The van der Waals surface area contributed by atoms with Crippen molar-refractivity contribution in [2.24, 2.45) is 4.99 Å². The van der Waals surface area contributed by atoms with Gasteiger partial charge >= 0.3 is 0 Å². The average molecular weight is 532 g/mol. The zero-order valence-corrected chi connectivity index (χ0v) is 20.2. The van der Waals surface area contributed by atoms with Gasteiger partial charge in [0.05, 0.1) is 0 Å². The van der Waals surface area contributed by atoms with E-state index in [-0.39, 0.29) is 24.0 Å². The van der Waals surface area contributed by atoms with Gasteiger partial charge in [0, 0.05) is 57.3 Å². The highest BCUT2D eigenvalue weighted by atomic mass is 127. The Morgan fingerprint density at radius 1 is 1.24 bits per heavy atom. The first-order valence-electron chi connectivity index (χ1n) is 9.98. The van der Waals surface area contributed by atoms with E-state index < -0.39 is 0 Å². The Morgan fingerprint density at radius 2 is 1.97 bits per heavy atom. The normalized spacial score (nSPS) is 15.8. The summed E-state index contributed by atoms with van der Waals surface area (Å²) >= 11 is 5.97. The van der Waals surface area contributed by atoms with Gasteiger partial charge in [-0.1, -0.05) is 30.7 Å². The minimum atomic E-state index is 0. The summed E-state index contributed by atoms with van der Waals surface area (Å²) in [5, 5.41) is 15.8. The standard InChI is InChI=1S/C20H30ClN7.HI/c1-3-19-26-24-15-28(19)13-10-23-20(22-2)25-18-8-11-27(12-9-18)14-16-4-6-17(21)7-5-16;/h4-7,15,18H,3,8-14H2,1-2H3,(H2,22,23,25);1H. The summed E-state index contributed by atoms with van der Waals surface area (Å²) in [5.41, 5.74) is 1.31. The molecule has 0 radical (unpaired) electrons. The molecule has 9 heteroatoms. The van der Waals surface area contributed by atoms with Crippen molar-refractivity contribution >= 4 is 41.5 Å². The summed E-state index contributed by atoms with van der Waals surface area (Å²) in [6.07, 6.45) is 4.90. The second-order valence-corrected chi connectivity index (χ2v) is 7.55. The lowest BCUT2D eigenvalue weighted by atomic mass is 10.0. The SMILES string of the molecule is CCc1nncn1CCNC(=NC)NC1CCN(Cc2ccc(Cl)cc2)CC1.I. The van der Waals surface area contributed by atoms with E-state index >= 15 is 0 Å². The van der Waals surface area contributed by atoms with E-state index in [1.165, 1.54) is 5.56 Å². The molecule has 2 aromatic rings. The number of nitrogens with zero attached hydrogens (tertiary/aromatic N) is 5. The van der Waals surface area contributed by atoms with Crippen LogP contribution in [0.1, 0.15) is 31.2 Å². The van der Waals surface area contributed by atoms with Crippen LogP contribution in [0.25, 0.3) is 0 Å². The number of guanidine groups is 1. The Hall–Kier alpha value is -1.39. The zero-order valence-electron chi connectivity index (χ0n) is 17.1. The van der Waals surface area contributed by atoms with Crippen LogP contribution in [-0.2, 0) is 19.5 Å². The maximum absolute atomic E-state index is 5.97. The number of aromatic nitrogens is 3. The van der Waals surface area contributed by atoms with Gasteiger partial charge in [-0.05, 0) is 30.5 Å². The summed E-state index contributed by atoms with van der Waals surface area (Å²) in [6.45, 7) is 6.86. The van der Waals surface area contributed by atoms with Crippen LogP contribution in [0.4, 0.5) is 0 Å². The van der Waals surface area contributed by atoms with Gasteiger partial charge in [0.15, 0.2) is 5.96 Å². The summed E-state index contributed by atoms with van der Waals surface area (Å²) < 4.78 is 2.08. The zero-order chi connectivity index (χ0) is 19.8. The van der Waals surface area contributed by atoms with Crippen molar-refractivity contribution in [3.63, 3.8) is 0 Å². The molecule has 1 aliphatic rings. The number of hydrogen-bond acceptors (Lipinski definition) is 4. The predicted molar refractivity (Wildman–Crippen MR) is 129 cm³/mol.